The fourth-order valence-electron chi connectivity index (χ4n) is 1.57. The van der Waals surface area contributed by atoms with Crippen LogP contribution in [-0.2, 0) is 0 Å². The second-order valence-corrected chi connectivity index (χ2v) is 4.60. The molecule has 4 nitrogen and oxygen atoms in total. The van der Waals surface area contributed by atoms with Gasteiger partial charge in [-0.15, -0.1) is 0 Å². The largest absolute Gasteiger partial charge is 0.387 e. The molecule has 0 atom stereocenters. The summed E-state index contributed by atoms with van der Waals surface area (Å²) in [7, 11) is 1.72. The molecule has 2 N–H and O–H groups in total. The van der Waals surface area contributed by atoms with Gasteiger partial charge in [0.1, 0.15) is 5.82 Å². The molecular weight excluding hydrogens is 313 g/mol. The first-order valence-electron chi connectivity index (χ1n) is 5.50. The highest BCUT2D eigenvalue weighted by Crippen LogP contribution is 2.24. The minimum atomic E-state index is -0.373. The van der Waals surface area contributed by atoms with Crippen LogP contribution in [0.4, 0.5) is 15.8 Å². The van der Waals surface area contributed by atoms with E-state index in [1.807, 2.05) is 0 Å². The molecule has 0 saturated carbocycles. The predicted octanol–water partition coefficient (Wildman–Crippen LogP) is 3.28. The van der Waals surface area contributed by atoms with Crippen LogP contribution in [0, 0.1) is 5.82 Å². The number of nitrogens with one attached hydrogen (secondary N) is 2. The Morgan fingerprint density at radius 2 is 2.11 bits per heavy atom. The van der Waals surface area contributed by atoms with Gasteiger partial charge in [-0.05, 0) is 40.2 Å². The molecule has 2 aromatic rings. The van der Waals surface area contributed by atoms with Crippen LogP contribution in [0.1, 0.15) is 10.4 Å². The number of aromatic nitrogens is 1. The average Bonchev–Trinajstić information content (AvgIpc) is 2.41. The van der Waals surface area contributed by atoms with E-state index < -0.39 is 0 Å². The van der Waals surface area contributed by atoms with Crippen molar-refractivity contribution in [2.24, 2.45) is 0 Å². The number of hydrogen-bond donors (Lipinski definition) is 2. The average molecular weight is 324 g/mol. The number of benzene rings is 1. The van der Waals surface area contributed by atoms with Gasteiger partial charge in [0.15, 0.2) is 0 Å². The van der Waals surface area contributed by atoms with Crippen LogP contribution >= 0.6 is 15.9 Å². The minimum Gasteiger partial charge on any atom is -0.387 e. The number of anilines is 2. The number of pyridine rings is 1. The van der Waals surface area contributed by atoms with Crippen LogP contribution in [0.3, 0.4) is 0 Å². The molecule has 1 aromatic carbocycles. The summed E-state index contributed by atoms with van der Waals surface area (Å²) >= 11 is 3.20. The number of rotatable bonds is 3. The van der Waals surface area contributed by atoms with Crippen molar-refractivity contribution in [2.45, 2.75) is 0 Å². The summed E-state index contributed by atoms with van der Waals surface area (Å²) in [6, 6.07) is 5.77. The number of amides is 1. The molecule has 19 heavy (non-hydrogen) atoms. The van der Waals surface area contributed by atoms with Crippen molar-refractivity contribution in [3.05, 3.63) is 52.5 Å². The maximum atomic E-state index is 13.0. The van der Waals surface area contributed by atoms with Crippen molar-refractivity contribution >= 4 is 33.2 Å². The maximum absolute atomic E-state index is 13.0. The quantitative estimate of drug-likeness (QED) is 0.911. The molecule has 1 aromatic heterocycles. The number of hydrogen-bond acceptors (Lipinski definition) is 3. The Bertz CT molecular complexity index is 619. The Morgan fingerprint density at radius 3 is 2.79 bits per heavy atom. The molecular formula is C13H11BrFN3O. The Labute approximate surface area is 118 Å². The summed E-state index contributed by atoms with van der Waals surface area (Å²) in [6.45, 7) is 0. The van der Waals surface area contributed by atoms with Crippen molar-refractivity contribution in [3.63, 3.8) is 0 Å². The molecule has 0 aliphatic carbocycles. The lowest BCUT2D eigenvalue weighted by Gasteiger charge is -2.10. The molecule has 0 radical (unpaired) electrons. The first kappa shape index (κ1) is 13.5. The van der Waals surface area contributed by atoms with E-state index in [0.717, 1.165) is 0 Å². The molecule has 0 unspecified atom stereocenters. The lowest BCUT2D eigenvalue weighted by molar-refractivity contribution is 0.102. The molecule has 98 valence electrons. The zero-order chi connectivity index (χ0) is 13.8. The van der Waals surface area contributed by atoms with Gasteiger partial charge in [0.25, 0.3) is 5.91 Å². The van der Waals surface area contributed by atoms with Crippen molar-refractivity contribution in [1.82, 2.24) is 4.98 Å². The highest BCUT2D eigenvalue weighted by Gasteiger charge is 2.12. The van der Waals surface area contributed by atoms with Crippen LogP contribution in [-0.4, -0.2) is 17.9 Å². The summed E-state index contributed by atoms with van der Waals surface area (Å²) in [5.41, 5.74) is 1.59. The van der Waals surface area contributed by atoms with Crippen LogP contribution in [0.2, 0.25) is 0 Å². The Morgan fingerprint density at radius 1 is 1.32 bits per heavy atom. The monoisotopic (exact) mass is 323 g/mol. The summed E-state index contributed by atoms with van der Waals surface area (Å²) in [4.78, 5) is 16.0. The van der Waals surface area contributed by atoms with Gasteiger partial charge in [-0.25, -0.2) is 4.39 Å². The minimum absolute atomic E-state index is 0.315. The highest BCUT2D eigenvalue weighted by atomic mass is 79.9. The Hall–Kier alpha value is -1.95. The molecule has 0 bridgehead atoms. The maximum Gasteiger partial charge on any atom is 0.259 e. The third-order valence-electron chi connectivity index (χ3n) is 2.51. The van der Waals surface area contributed by atoms with Crippen LogP contribution < -0.4 is 10.6 Å². The molecule has 0 aliphatic heterocycles. The zero-order valence-corrected chi connectivity index (χ0v) is 11.7. The molecule has 0 fully saturated rings. The molecule has 2 rings (SSSR count). The second-order valence-electron chi connectivity index (χ2n) is 3.75. The van der Waals surface area contributed by atoms with Crippen LogP contribution in [0.25, 0.3) is 0 Å². The number of nitrogens with zero attached hydrogens (tertiary/aromatic N) is 1. The van der Waals surface area contributed by atoms with Gasteiger partial charge < -0.3 is 10.6 Å². The van der Waals surface area contributed by atoms with E-state index in [1.54, 1.807) is 19.3 Å². The molecule has 0 aliphatic rings. The predicted molar refractivity (Wildman–Crippen MR) is 75.8 cm³/mol. The first-order valence-corrected chi connectivity index (χ1v) is 6.29. The van der Waals surface area contributed by atoms with Gasteiger partial charge in [0.2, 0.25) is 0 Å². The third-order valence-corrected chi connectivity index (χ3v) is 3.17. The fourth-order valence-corrected chi connectivity index (χ4v) is 2.02. The Kier molecular flexibility index (Phi) is 4.11. The Balaban J connectivity index is 2.26. The highest BCUT2D eigenvalue weighted by molar-refractivity contribution is 9.10. The van der Waals surface area contributed by atoms with Gasteiger partial charge in [-0.3, -0.25) is 9.78 Å². The van der Waals surface area contributed by atoms with Crippen LogP contribution in [0.15, 0.2) is 41.1 Å². The van der Waals surface area contributed by atoms with Crippen molar-refractivity contribution in [2.75, 3.05) is 17.7 Å². The summed E-state index contributed by atoms with van der Waals surface area (Å²) < 4.78 is 13.4. The normalized spacial score (nSPS) is 10.1. The molecule has 1 heterocycles. The van der Waals surface area contributed by atoms with E-state index in [-0.39, 0.29) is 11.7 Å². The smallest absolute Gasteiger partial charge is 0.259 e. The second kappa shape index (κ2) is 5.79. The van der Waals surface area contributed by atoms with Crippen molar-refractivity contribution in [3.8, 4) is 0 Å². The lowest BCUT2D eigenvalue weighted by atomic mass is 10.2. The molecule has 0 saturated heterocycles. The third kappa shape index (κ3) is 3.08. The van der Waals surface area contributed by atoms with Gasteiger partial charge >= 0.3 is 0 Å². The summed E-state index contributed by atoms with van der Waals surface area (Å²) in [6.07, 6.45) is 3.06. The van der Waals surface area contributed by atoms with E-state index >= 15 is 0 Å². The number of halogens is 2. The number of carbonyl (C=O) groups is 1. The van der Waals surface area contributed by atoms with E-state index in [9.17, 15) is 9.18 Å². The van der Waals surface area contributed by atoms with E-state index in [4.69, 9.17) is 0 Å². The van der Waals surface area contributed by atoms with E-state index in [2.05, 4.69) is 31.5 Å². The van der Waals surface area contributed by atoms with Gasteiger partial charge in [0.05, 0.1) is 11.3 Å². The summed E-state index contributed by atoms with van der Waals surface area (Å²) in [5, 5.41) is 5.61. The van der Waals surface area contributed by atoms with Gasteiger partial charge in [-0.2, -0.15) is 0 Å². The van der Waals surface area contributed by atoms with Gasteiger partial charge in [-0.1, -0.05) is 0 Å². The van der Waals surface area contributed by atoms with Gasteiger partial charge in [0, 0.05) is 29.6 Å². The lowest BCUT2D eigenvalue weighted by Crippen LogP contribution is -2.14. The molecule has 1 amide bonds. The fraction of sp³-hybridized carbons (Fsp3) is 0.0769. The van der Waals surface area contributed by atoms with Crippen LogP contribution in [0.5, 0.6) is 0 Å². The topological polar surface area (TPSA) is 54.0 Å². The number of carbonyl (C=O) groups excluding carboxylic acids is 1. The SMILES string of the molecule is CNc1ccncc1C(=O)Nc1ccc(F)cc1Br. The van der Waals surface area contributed by atoms with Crippen molar-refractivity contribution < 1.29 is 9.18 Å². The zero-order valence-electron chi connectivity index (χ0n) is 10.1. The standard InChI is InChI=1S/C13H11BrFN3O/c1-16-11-4-5-17-7-9(11)13(19)18-12-3-2-8(15)6-10(12)14/h2-7H,1H3,(H,16,17)(H,18,19). The molecule has 0 spiro atoms. The molecule has 6 heteroatoms. The van der Waals surface area contributed by atoms with E-state index in [0.29, 0.717) is 21.4 Å². The first-order chi connectivity index (χ1) is 9.11. The van der Waals surface area contributed by atoms with Crippen molar-refractivity contribution in [1.29, 1.82) is 0 Å². The van der Waals surface area contributed by atoms with E-state index in [1.165, 1.54) is 24.4 Å². The summed E-state index contributed by atoms with van der Waals surface area (Å²) in [5.74, 6) is -0.688.